The summed E-state index contributed by atoms with van der Waals surface area (Å²) >= 11 is 0. The smallest absolute Gasteiger partial charge is 0.239 e. The van der Waals surface area contributed by atoms with Crippen LogP contribution >= 0.6 is 0 Å². The lowest BCUT2D eigenvalue weighted by Gasteiger charge is -2.06. The van der Waals surface area contributed by atoms with Gasteiger partial charge in [0.2, 0.25) is 5.91 Å². The summed E-state index contributed by atoms with van der Waals surface area (Å²) in [7, 11) is 0. The molecule has 1 aromatic heterocycles. The Kier molecular flexibility index (Phi) is 3.49. The number of fused-ring (bicyclic) bond motifs is 1. The Morgan fingerprint density at radius 1 is 1.44 bits per heavy atom. The molecule has 0 aliphatic heterocycles. The standard InChI is InChI=1S/C13H14N4O/c14-5-1-6-16-13(18)9-17-7-4-10-8-11(15)2-3-12(10)17/h2-4,7-8H,1,6,9,15H2,(H,16,18). The molecule has 0 bridgehead atoms. The molecule has 0 saturated carbocycles. The van der Waals surface area contributed by atoms with Gasteiger partial charge in [0.25, 0.3) is 0 Å². The Morgan fingerprint density at radius 3 is 3.06 bits per heavy atom. The van der Waals surface area contributed by atoms with E-state index in [1.165, 1.54) is 0 Å². The predicted octanol–water partition coefficient (Wildman–Crippen LogP) is 1.25. The van der Waals surface area contributed by atoms with Crippen molar-refractivity contribution < 1.29 is 4.79 Å². The summed E-state index contributed by atoms with van der Waals surface area (Å²) in [6.07, 6.45) is 2.18. The van der Waals surface area contributed by atoms with Crippen molar-refractivity contribution >= 4 is 22.5 Å². The summed E-state index contributed by atoms with van der Waals surface area (Å²) in [4.78, 5) is 11.6. The number of nitrogens with zero attached hydrogens (tertiary/aromatic N) is 2. The number of nitrogen functional groups attached to an aromatic ring is 1. The third-order valence-corrected chi connectivity index (χ3v) is 2.67. The van der Waals surface area contributed by atoms with Crippen LogP contribution in [0.3, 0.4) is 0 Å². The molecule has 2 rings (SSSR count). The Morgan fingerprint density at radius 2 is 2.28 bits per heavy atom. The second kappa shape index (κ2) is 5.23. The van der Waals surface area contributed by atoms with Crippen LogP contribution in [-0.4, -0.2) is 17.0 Å². The zero-order valence-electron chi connectivity index (χ0n) is 9.89. The summed E-state index contributed by atoms with van der Waals surface area (Å²) in [6, 6.07) is 9.49. The molecule has 5 heteroatoms. The minimum atomic E-state index is -0.0976. The van der Waals surface area contributed by atoms with Crippen LogP contribution in [0, 0.1) is 11.3 Å². The van der Waals surface area contributed by atoms with Gasteiger partial charge in [-0.25, -0.2) is 0 Å². The molecule has 0 saturated heterocycles. The van der Waals surface area contributed by atoms with Crippen molar-refractivity contribution in [3.8, 4) is 6.07 Å². The van der Waals surface area contributed by atoms with Crippen LogP contribution in [0.5, 0.6) is 0 Å². The van der Waals surface area contributed by atoms with Gasteiger partial charge in [-0.2, -0.15) is 5.26 Å². The van der Waals surface area contributed by atoms with E-state index in [2.05, 4.69) is 5.32 Å². The molecule has 1 amide bonds. The molecule has 0 unspecified atom stereocenters. The summed E-state index contributed by atoms with van der Waals surface area (Å²) in [5, 5.41) is 12.1. The molecule has 2 aromatic rings. The van der Waals surface area contributed by atoms with E-state index in [0.29, 0.717) is 18.7 Å². The van der Waals surface area contributed by atoms with Gasteiger partial charge in [0, 0.05) is 29.3 Å². The first-order valence-corrected chi connectivity index (χ1v) is 5.69. The molecule has 18 heavy (non-hydrogen) atoms. The van der Waals surface area contributed by atoms with Crippen LogP contribution in [0.2, 0.25) is 0 Å². The maximum absolute atomic E-state index is 11.6. The second-order valence-electron chi connectivity index (χ2n) is 4.02. The number of nitrogens with two attached hydrogens (primary N) is 1. The van der Waals surface area contributed by atoms with Crippen molar-refractivity contribution in [1.82, 2.24) is 9.88 Å². The number of carbonyl (C=O) groups excluding carboxylic acids is 1. The third-order valence-electron chi connectivity index (χ3n) is 2.67. The Balaban J connectivity index is 2.08. The molecule has 5 nitrogen and oxygen atoms in total. The highest BCUT2D eigenvalue weighted by molar-refractivity contribution is 5.85. The number of hydrogen-bond donors (Lipinski definition) is 2. The fourth-order valence-corrected chi connectivity index (χ4v) is 1.82. The van der Waals surface area contributed by atoms with Crippen molar-refractivity contribution in [2.45, 2.75) is 13.0 Å². The maximum Gasteiger partial charge on any atom is 0.239 e. The molecule has 0 radical (unpaired) electrons. The number of carbonyl (C=O) groups is 1. The molecule has 1 aromatic carbocycles. The number of nitrogens with one attached hydrogen (secondary N) is 1. The van der Waals surface area contributed by atoms with E-state index < -0.39 is 0 Å². The van der Waals surface area contributed by atoms with Gasteiger partial charge in [-0.05, 0) is 24.3 Å². The summed E-state index contributed by atoms with van der Waals surface area (Å²) in [5.41, 5.74) is 7.38. The van der Waals surface area contributed by atoms with Crippen molar-refractivity contribution in [1.29, 1.82) is 5.26 Å². The second-order valence-corrected chi connectivity index (χ2v) is 4.02. The highest BCUT2D eigenvalue weighted by atomic mass is 16.1. The summed E-state index contributed by atoms with van der Waals surface area (Å²) in [6.45, 7) is 0.639. The van der Waals surface area contributed by atoms with Crippen LogP contribution < -0.4 is 11.1 Å². The van der Waals surface area contributed by atoms with Gasteiger partial charge in [0.1, 0.15) is 6.54 Å². The lowest BCUT2D eigenvalue weighted by atomic mass is 10.2. The topological polar surface area (TPSA) is 83.8 Å². The van der Waals surface area contributed by atoms with E-state index in [1.807, 2.05) is 41.1 Å². The first-order valence-electron chi connectivity index (χ1n) is 5.69. The van der Waals surface area contributed by atoms with E-state index in [9.17, 15) is 4.79 Å². The van der Waals surface area contributed by atoms with Crippen LogP contribution in [0.15, 0.2) is 30.5 Å². The van der Waals surface area contributed by atoms with E-state index in [1.54, 1.807) is 0 Å². The van der Waals surface area contributed by atoms with Crippen LogP contribution in [-0.2, 0) is 11.3 Å². The molecule has 0 fully saturated rings. The largest absolute Gasteiger partial charge is 0.399 e. The SMILES string of the molecule is N#CCCNC(=O)Cn1ccc2cc(N)ccc21. The zero-order valence-corrected chi connectivity index (χ0v) is 9.89. The summed E-state index contributed by atoms with van der Waals surface area (Å²) in [5.74, 6) is -0.0976. The minimum Gasteiger partial charge on any atom is -0.399 e. The maximum atomic E-state index is 11.6. The van der Waals surface area contributed by atoms with Gasteiger partial charge in [0.15, 0.2) is 0 Å². The van der Waals surface area contributed by atoms with Crippen molar-refractivity contribution in [3.63, 3.8) is 0 Å². The van der Waals surface area contributed by atoms with E-state index >= 15 is 0 Å². The zero-order chi connectivity index (χ0) is 13.0. The first kappa shape index (κ1) is 12.0. The molecule has 0 aliphatic rings. The molecule has 0 aliphatic carbocycles. The normalized spacial score (nSPS) is 10.2. The third kappa shape index (κ3) is 2.61. The van der Waals surface area contributed by atoms with E-state index in [-0.39, 0.29) is 12.5 Å². The number of hydrogen-bond acceptors (Lipinski definition) is 3. The molecule has 92 valence electrons. The Bertz CT molecular complexity index is 609. The van der Waals surface area contributed by atoms with Gasteiger partial charge in [-0.1, -0.05) is 0 Å². The number of aromatic nitrogens is 1. The number of benzene rings is 1. The van der Waals surface area contributed by atoms with Crippen LogP contribution in [0.4, 0.5) is 5.69 Å². The van der Waals surface area contributed by atoms with E-state index in [4.69, 9.17) is 11.0 Å². The molecule has 1 heterocycles. The highest BCUT2D eigenvalue weighted by Crippen LogP contribution is 2.18. The lowest BCUT2D eigenvalue weighted by Crippen LogP contribution is -2.27. The average Bonchev–Trinajstić information content (AvgIpc) is 2.72. The number of anilines is 1. The van der Waals surface area contributed by atoms with Gasteiger partial charge >= 0.3 is 0 Å². The fourth-order valence-electron chi connectivity index (χ4n) is 1.82. The molecule has 3 N–H and O–H groups in total. The molecule has 0 spiro atoms. The number of rotatable bonds is 4. The molecular formula is C13H14N4O. The van der Waals surface area contributed by atoms with Gasteiger partial charge in [0.05, 0.1) is 12.5 Å². The van der Waals surface area contributed by atoms with Crippen molar-refractivity contribution in [2.75, 3.05) is 12.3 Å². The quantitative estimate of drug-likeness (QED) is 0.625. The van der Waals surface area contributed by atoms with Gasteiger partial charge in [-0.15, -0.1) is 0 Å². The summed E-state index contributed by atoms with van der Waals surface area (Å²) < 4.78 is 1.86. The van der Waals surface area contributed by atoms with Crippen LogP contribution in [0.25, 0.3) is 10.9 Å². The Hall–Kier alpha value is -2.48. The molecular weight excluding hydrogens is 228 g/mol. The van der Waals surface area contributed by atoms with Crippen molar-refractivity contribution in [3.05, 3.63) is 30.5 Å². The van der Waals surface area contributed by atoms with Crippen molar-refractivity contribution in [2.24, 2.45) is 0 Å². The van der Waals surface area contributed by atoms with Crippen LogP contribution in [0.1, 0.15) is 6.42 Å². The Labute approximate surface area is 105 Å². The number of nitriles is 1. The first-order chi connectivity index (χ1) is 8.70. The van der Waals surface area contributed by atoms with E-state index in [0.717, 1.165) is 10.9 Å². The highest BCUT2D eigenvalue weighted by Gasteiger charge is 2.05. The number of amides is 1. The molecule has 0 atom stereocenters. The lowest BCUT2D eigenvalue weighted by molar-refractivity contribution is -0.121. The van der Waals surface area contributed by atoms with Gasteiger partial charge in [-0.3, -0.25) is 4.79 Å². The average molecular weight is 242 g/mol. The fraction of sp³-hybridized carbons (Fsp3) is 0.231. The predicted molar refractivity (Wildman–Crippen MR) is 69.6 cm³/mol. The monoisotopic (exact) mass is 242 g/mol. The van der Waals surface area contributed by atoms with Gasteiger partial charge < -0.3 is 15.6 Å². The minimum absolute atomic E-state index is 0.0976.